The Kier molecular flexibility index (Phi) is 6.86. The molecule has 6 nitrogen and oxygen atoms in total. The average Bonchev–Trinajstić information content (AvgIpc) is 2.80. The summed E-state index contributed by atoms with van der Waals surface area (Å²) < 4.78 is 6.13. The van der Waals surface area contributed by atoms with Crippen LogP contribution in [0.5, 0.6) is 5.75 Å². The summed E-state index contributed by atoms with van der Waals surface area (Å²) in [6.45, 7) is 1.11. The maximum atomic E-state index is 11.2. The van der Waals surface area contributed by atoms with Crippen LogP contribution in [0.3, 0.4) is 0 Å². The van der Waals surface area contributed by atoms with Gasteiger partial charge in [0, 0.05) is 40.8 Å². The Morgan fingerprint density at radius 2 is 2.06 bits per heavy atom. The highest BCUT2D eigenvalue weighted by atomic mass is 32.2. The minimum atomic E-state index is -0.922. The van der Waals surface area contributed by atoms with Crippen molar-refractivity contribution in [3.05, 3.63) is 83.7 Å². The van der Waals surface area contributed by atoms with Crippen LogP contribution in [0, 0.1) is 0 Å². The lowest BCUT2D eigenvalue weighted by Crippen LogP contribution is -2.36. The van der Waals surface area contributed by atoms with E-state index in [1.165, 1.54) is 0 Å². The van der Waals surface area contributed by atoms with E-state index in [1.807, 2.05) is 30.3 Å². The molecule has 2 heterocycles. The third-order valence-corrected chi connectivity index (χ3v) is 6.14. The number of benzene rings is 2. The minimum absolute atomic E-state index is 0.0550. The summed E-state index contributed by atoms with van der Waals surface area (Å²) in [6, 6.07) is 16.7. The molecule has 2 aromatic carbocycles. The first-order chi connectivity index (χ1) is 15.1. The van der Waals surface area contributed by atoms with Crippen molar-refractivity contribution in [3.8, 4) is 5.75 Å². The summed E-state index contributed by atoms with van der Waals surface area (Å²) in [5.74, 6) is -0.0385. The number of carbonyl (C=O) groups is 1. The van der Waals surface area contributed by atoms with Gasteiger partial charge in [0.1, 0.15) is 11.9 Å². The van der Waals surface area contributed by atoms with E-state index in [0.29, 0.717) is 13.1 Å². The SMILES string of the molecule is O=C(O)c1cccc(Sc2ccc3c(c2)CC[C@H](CNC[C@@H](O)c2cccnc2)O3)c1. The molecule has 0 spiro atoms. The van der Waals surface area contributed by atoms with Gasteiger partial charge in [-0.05, 0) is 60.9 Å². The van der Waals surface area contributed by atoms with Crippen molar-refractivity contribution in [1.29, 1.82) is 0 Å². The van der Waals surface area contributed by atoms with Gasteiger partial charge in [-0.1, -0.05) is 23.9 Å². The van der Waals surface area contributed by atoms with E-state index in [9.17, 15) is 9.90 Å². The van der Waals surface area contributed by atoms with Crippen LogP contribution < -0.4 is 10.1 Å². The fraction of sp³-hybridized carbons (Fsp3) is 0.250. The molecule has 0 bridgehead atoms. The maximum absolute atomic E-state index is 11.2. The van der Waals surface area contributed by atoms with Crippen molar-refractivity contribution in [2.45, 2.75) is 34.8 Å². The summed E-state index contributed by atoms with van der Waals surface area (Å²) in [5.41, 5.74) is 2.24. The van der Waals surface area contributed by atoms with Gasteiger partial charge in [-0.25, -0.2) is 4.79 Å². The number of rotatable bonds is 8. The molecule has 7 heteroatoms. The first-order valence-electron chi connectivity index (χ1n) is 10.2. The molecule has 1 aromatic heterocycles. The first kappa shape index (κ1) is 21.4. The lowest BCUT2D eigenvalue weighted by atomic mass is 10.0. The molecule has 0 aliphatic carbocycles. The Bertz CT molecular complexity index is 1040. The van der Waals surface area contributed by atoms with E-state index >= 15 is 0 Å². The van der Waals surface area contributed by atoms with E-state index in [2.05, 4.69) is 16.4 Å². The number of pyridine rings is 1. The average molecular weight is 437 g/mol. The summed E-state index contributed by atoms with van der Waals surface area (Å²) in [5, 5.41) is 22.7. The number of aliphatic hydroxyl groups is 1. The van der Waals surface area contributed by atoms with Crippen molar-refractivity contribution in [2.75, 3.05) is 13.1 Å². The number of carboxylic acid groups (broad SMARTS) is 1. The van der Waals surface area contributed by atoms with Crippen LogP contribution in [0.15, 0.2) is 76.8 Å². The number of aryl methyl sites for hydroxylation is 1. The molecule has 0 unspecified atom stereocenters. The van der Waals surface area contributed by atoms with Gasteiger partial charge in [0.15, 0.2) is 0 Å². The normalized spacial score (nSPS) is 16.2. The quantitative estimate of drug-likeness (QED) is 0.492. The molecule has 1 aliphatic rings. The Labute approximate surface area is 185 Å². The fourth-order valence-corrected chi connectivity index (χ4v) is 4.47. The number of aromatic carboxylic acids is 1. The van der Waals surface area contributed by atoms with Gasteiger partial charge in [0.25, 0.3) is 0 Å². The van der Waals surface area contributed by atoms with E-state index < -0.39 is 12.1 Å². The van der Waals surface area contributed by atoms with Gasteiger partial charge in [0.2, 0.25) is 0 Å². The van der Waals surface area contributed by atoms with E-state index in [4.69, 9.17) is 9.84 Å². The van der Waals surface area contributed by atoms with Gasteiger partial charge in [-0.2, -0.15) is 0 Å². The molecule has 160 valence electrons. The van der Waals surface area contributed by atoms with Crippen molar-refractivity contribution in [1.82, 2.24) is 10.3 Å². The van der Waals surface area contributed by atoms with Crippen LogP contribution in [0.25, 0.3) is 0 Å². The van der Waals surface area contributed by atoms with E-state index in [0.717, 1.165) is 39.5 Å². The van der Waals surface area contributed by atoms with E-state index in [1.54, 1.807) is 42.4 Å². The van der Waals surface area contributed by atoms with Crippen LogP contribution in [-0.4, -0.2) is 40.4 Å². The number of nitrogens with one attached hydrogen (secondary N) is 1. The molecule has 4 rings (SSSR count). The van der Waals surface area contributed by atoms with Gasteiger partial charge >= 0.3 is 5.97 Å². The first-order valence-corrected chi connectivity index (χ1v) is 11.0. The van der Waals surface area contributed by atoms with Crippen molar-refractivity contribution < 1.29 is 19.7 Å². The highest BCUT2D eigenvalue weighted by Gasteiger charge is 2.20. The van der Waals surface area contributed by atoms with Crippen LogP contribution in [0.4, 0.5) is 0 Å². The topological polar surface area (TPSA) is 91.7 Å². The summed E-state index contributed by atoms with van der Waals surface area (Å²) in [4.78, 5) is 17.1. The molecule has 0 saturated carbocycles. The zero-order chi connectivity index (χ0) is 21.6. The van der Waals surface area contributed by atoms with E-state index in [-0.39, 0.29) is 11.7 Å². The van der Waals surface area contributed by atoms with Crippen molar-refractivity contribution in [3.63, 3.8) is 0 Å². The largest absolute Gasteiger partial charge is 0.489 e. The van der Waals surface area contributed by atoms with Crippen molar-refractivity contribution in [2.24, 2.45) is 0 Å². The highest BCUT2D eigenvalue weighted by Crippen LogP contribution is 2.34. The second kappa shape index (κ2) is 9.96. The van der Waals surface area contributed by atoms with Crippen molar-refractivity contribution >= 4 is 17.7 Å². The molecule has 0 saturated heterocycles. The second-order valence-electron chi connectivity index (χ2n) is 7.44. The molecule has 1 aliphatic heterocycles. The third kappa shape index (κ3) is 5.64. The monoisotopic (exact) mass is 436 g/mol. The fourth-order valence-electron chi connectivity index (χ4n) is 3.53. The summed E-state index contributed by atoms with van der Waals surface area (Å²) in [7, 11) is 0. The maximum Gasteiger partial charge on any atom is 0.335 e. The predicted octanol–water partition coefficient (Wildman–Crippen LogP) is 3.95. The molecule has 0 amide bonds. The van der Waals surface area contributed by atoms with Crippen LogP contribution in [0.2, 0.25) is 0 Å². The zero-order valence-corrected chi connectivity index (χ0v) is 17.7. The number of fused-ring (bicyclic) bond motifs is 1. The lowest BCUT2D eigenvalue weighted by molar-refractivity contribution is 0.0696. The number of nitrogens with zero attached hydrogens (tertiary/aromatic N) is 1. The Morgan fingerprint density at radius 3 is 2.87 bits per heavy atom. The van der Waals surface area contributed by atoms with Crippen LogP contribution in [0.1, 0.15) is 34.0 Å². The number of aromatic nitrogens is 1. The third-order valence-electron chi connectivity index (χ3n) is 5.16. The highest BCUT2D eigenvalue weighted by molar-refractivity contribution is 7.99. The lowest BCUT2D eigenvalue weighted by Gasteiger charge is -2.27. The summed E-state index contributed by atoms with van der Waals surface area (Å²) in [6.07, 6.45) is 4.63. The number of carboxylic acids is 1. The molecule has 2 atom stereocenters. The molecule has 0 fully saturated rings. The Hall–Kier alpha value is -2.87. The Balaban J connectivity index is 1.31. The van der Waals surface area contributed by atoms with Gasteiger partial charge in [-0.3, -0.25) is 4.98 Å². The standard InChI is InChI=1S/C24H24N2O4S/c27-22(18-4-2-10-25-13-18)15-26-14-19-7-6-16-11-21(8-9-23(16)30-19)31-20-5-1-3-17(12-20)24(28)29/h1-5,8-13,19,22,26-27H,6-7,14-15H2,(H,28,29)/t19-,22-/m1/s1. The minimum Gasteiger partial charge on any atom is -0.489 e. The molecule has 31 heavy (non-hydrogen) atoms. The van der Waals surface area contributed by atoms with Gasteiger partial charge in [-0.15, -0.1) is 0 Å². The second-order valence-corrected chi connectivity index (χ2v) is 8.59. The smallest absolute Gasteiger partial charge is 0.335 e. The number of hydrogen-bond donors (Lipinski definition) is 3. The zero-order valence-electron chi connectivity index (χ0n) is 16.9. The Morgan fingerprint density at radius 1 is 1.19 bits per heavy atom. The molecular weight excluding hydrogens is 412 g/mol. The number of aliphatic hydroxyl groups excluding tert-OH is 1. The predicted molar refractivity (Wildman–Crippen MR) is 119 cm³/mol. The van der Waals surface area contributed by atoms with Gasteiger partial charge < -0.3 is 20.3 Å². The van der Waals surface area contributed by atoms with Gasteiger partial charge in [0.05, 0.1) is 11.7 Å². The molecule has 3 aromatic rings. The molecular formula is C24H24N2O4S. The molecule has 3 N–H and O–H groups in total. The number of hydrogen-bond acceptors (Lipinski definition) is 6. The molecule has 0 radical (unpaired) electrons. The van der Waals surface area contributed by atoms with Crippen LogP contribution in [-0.2, 0) is 6.42 Å². The summed E-state index contributed by atoms with van der Waals surface area (Å²) >= 11 is 1.54. The number of ether oxygens (including phenoxy) is 1. The van der Waals surface area contributed by atoms with Crippen LogP contribution >= 0.6 is 11.8 Å².